The number of halogens is 2. The molecular formula is C16H14F2N6. The van der Waals surface area contributed by atoms with Gasteiger partial charge in [0.05, 0.1) is 17.9 Å². The molecule has 0 saturated carbocycles. The van der Waals surface area contributed by atoms with Crippen molar-refractivity contribution in [3.8, 4) is 0 Å². The number of hydrogen-bond acceptors (Lipinski definition) is 6. The minimum atomic E-state index is -0.452. The molecule has 3 heterocycles. The van der Waals surface area contributed by atoms with E-state index < -0.39 is 5.82 Å². The number of nitrogens with zero attached hydrogens (tertiary/aromatic N) is 6. The molecule has 1 aromatic carbocycles. The van der Waals surface area contributed by atoms with Crippen LogP contribution in [0.15, 0.2) is 36.9 Å². The second kappa shape index (κ2) is 5.95. The number of hydrogen-bond donors (Lipinski definition) is 0. The maximum atomic E-state index is 13.6. The quantitative estimate of drug-likeness (QED) is 0.717. The molecule has 0 bridgehead atoms. The minimum Gasteiger partial charge on any atom is -0.352 e. The fraction of sp³-hybridized carbons (Fsp3) is 0.250. The summed E-state index contributed by atoms with van der Waals surface area (Å²) in [6.07, 6.45) is 3.82. The molecule has 1 aliphatic heterocycles. The summed E-state index contributed by atoms with van der Waals surface area (Å²) in [6, 6.07) is 4.50. The van der Waals surface area contributed by atoms with Gasteiger partial charge in [-0.3, -0.25) is 0 Å². The molecular weight excluding hydrogens is 314 g/mol. The molecule has 1 fully saturated rings. The van der Waals surface area contributed by atoms with Gasteiger partial charge in [-0.1, -0.05) is 0 Å². The SMILES string of the molecule is Fc1cnc(N2CCN(c3ncnc4ccc(F)cc34)CC2)nc1. The van der Waals surface area contributed by atoms with E-state index in [1.165, 1.54) is 18.5 Å². The lowest BCUT2D eigenvalue weighted by atomic mass is 10.2. The van der Waals surface area contributed by atoms with E-state index in [9.17, 15) is 8.78 Å². The molecule has 1 aliphatic rings. The Labute approximate surface area is 136 Å². The number of aromatic nitrogens is 4. The summed E-state index contributed by atoms with van der Waals surface area (Å²) < 4.78 is 26.5. The fourth-order valence-electron chi connectivity index (χ4n) is 2.85. The van der Waals surface area contributed by atoms with Crippen molar-refractivity contribution in [2.45, 2.75) is 0 Å². The Balaban J connectivity index is 1.56. The lowest BCUT2D eigenvalue weighted by molar-refractivity contribution is 0.601. The predicted octanol–water partition coefficient (Wildman–Crippen LogP) is 2.02. The Morgan fingerprint density at radius 1 is 0.792 bits per heavy atom. The Kier molecular flexibility index (Phi) is 3.64. The highest BCUT2D eigenvalue weighted by Gasteiger charge is 2.21. The smallest absolute Gasteiger partial charge is 0.225 e. The van der Waals surface area contributed by atoms with Crippen molar-refractivity contribution in [1.29, 1.82) is 0 Å². The second-order valence-corrected chi connectivity index (χ2v) is 5.53. The molecule has 0 amide bonds. The first-order chi connectivity index (χ1) is 11.7. The minimum absolute atomic E-state index is 0.308. The van der Waals surface area contributed by atoms with Gasteiger partial charge in [-0.05, 0) is 18.2 Å². The Bertz CT molecular complexity index is 862. The normalized spacial score (nSPS) is 15.1. The third-order valence-electron chi connectivity index (χ3n) is 4.05. The molecule has 0 atom stereocenters. The molecule has 6 nitrogen and oxygen atoms in total. The van der Waals surface area contributed by atoms with Gasteiger partial charge in [0.1, 0.15) is 18.0 Å². The van der Waals surface area contributed by atoms with Crippen LogP contribution in [0.3, 0.4) is 0 Å². The lowest BCUT2D eigenvalue weighted by Gasteiger charge is -2.35. The van der Waals surface area contributed by atoms with Gasteiger partial charge in [0.2, 0.25) is 5.95 Å². The number of anilines is 2. The van der Waals surface area contributed by atoms with E-state index in [0.717, 1.165) is 18.2 Å². The first kappa shape index (κ1) is 14.7. The van der Waals surface area contributed by atoms with Gasteiger partial charge in [-0.15, -0.1) is 0 Å². The molecule has 0 unspecified atom stereocenters. The molecule has 1 saturated heterocycles. The number of piperazine rings is 1. The third kappa shape index (κ3) is 2.70. The Hall–Kier alpha value is -2.90. The maximum Gasteiger partial charge on any atom is 0.225 e. The van der Waals surface area contributed by atoms with Crippen molar-refractivity contribution < 1.29 is 8.78 Å². The van der Waals surface area contributed by atoms with Crippen LogP contribution in [0.5, 0.6) is 0 Å². The molecule has 0 N–H and O–H groups in total. The highest BCUT2D eigenvalue weighted by Crippen LogP contribution is 2.25. The zero-order valence-electron chi connectivity index (χ0n) is 12.7. The van der Waals surface area contributed by atoms with Crippen LogP contribution in [0.25, 0.3) is 10.9 Å². The summed E-state index contributed by atoms with van der Waals surface area (Å²) in [5, 5.41) is 0.698. The van der Waals surface area contributed by atoms with Crippen LogP contribution in [0.2, 0.25) is 0 Å². The predicted molar refractivity (Wildman–Crippen MR) is 85.9 cm³/mol. The van der Waals surface area contributed by atoms with Crippen LogP contribution < -0.4 is 9.80 Å². The first-order valence-corrected chi connectivity index (χ1v) is 7.58. The van der Waals surface area contributed by atoms with E-state index >= 15 is 0 Å². The average molecular weight is 328 g/mol. The van der Waals surface area contributed by atoms with E-state index in [0.29, 0.717) is 43.0 Å². The molecule has 0 spiro atoms. The van der Waals surface area contributed by atoms with Gasteiger partial charge in [0.25, 0.3) is 0 Å². The van der Waals surface area contributed by atoms with Crippen molar-refractivity contribution in [3.63, 3.8) is 0 Å². The fourth-order valence-corrected chi connectivity index (χ4v) is 2.85. The van der Waals surface area contributed by atoms with Crippen molar-refractivity contribution in [2.24, 2.45) is 0 Å². The molecule has 3 aromatic rings. The first-order valence-electron chi connectivity index (χ1n) is 7.58. The second-order valence-electron chi connectivity index (χ2n) is 5.53. The molecule has 8 heteroatoms. The highest BCUT2D eigenvalue weighted by molar-refractivity contribution is 5.89. The topological polar surface area (TPSA) is 58.0 Å². The molecule has 24 heavy (non-hydrogen) atoms. The van der Waals surface area contributed by atoms with Crippen molar-refractivity contribution >= 4 is 22.7 Å². The number of rotatable bonds is 2. The molecule has 4 rings (SSSR count). The number of benzene rings is 1. The summed E-state index contributed by atoms with van der Waals surface area (Å²) in [4.78, 5) is 20.6. The van der Waals surface area contributed by atoms with Gasteiger partial charge in [0.15, 0.2) is 5.82 Å². The average Bonchev–Trinajstić information content (AvgIpc) is 2.62. The summed E-state index contributed by atoms with van der Waals surface area (Å²) in [6.45, 7) is 2.71. The number of fused-ring (bicyclic) bond motifs is 1. The van der Waals surface area contributed by atoms with Gasteiger partial charge < -0.3 is 9.80 Å². The zero-order chi connectivity index (χ0) is 16.5. The zero-order valence-corrected chi connectivity index (χ0v) is 12.7. The summed E-state index contributed by atoms with van der Waals surface area (Å²) in [7, 11) is 0. The van der Waals surface area contributed by atoms with E-state index in [1.54, 1.807) is 6.07 Å². The van der Waals surface area contributed by atoms with Crippen LogP contribution in [-0.2, 0) is 0 Å². The third-order valence-corrected chi connectivity index (χ3v) is 4.05. The van der Waals surface area contributed by atoms with Crippen LogP contribution in [0.4, 0.5) is 20.5 Å². The van der Waals surface area contributed by atoms with Crippen LogP contribution in [0, 0.1) is 11.6 Å². The summed E-state index contributed by atoms with van der Waals surface area (Å²) in [5.74, 6) is 0.470. The summed E-state index contributed by atoms with van der Waals surface area (Å²) in [5.41, 5.74) is 0.714. The molecule has 0 aliphatic carbocycles. The largest absolute Gasteiger partial charge is 0.352 e. The van der Waals surface area contributed by atoms with Gasteiger partial charge >= 0.3 is 0 Å². The Morgan fingerprint density at radius 2 is 1.50 bits per heavy atom. The highest BCUT2D eigenvalue weighted by atomic mass is 19.1. The van der Waals surface area contributed by atoms with E-state index in [2.05, 4.69) is 24.8 Å². The van der Waals surface area contributed by atoms with Crippen molar-refractivity contribution in [1.82, 2.24) is 19.9 Å². The van der Waals surface area contributed by atoms with Crippen LogP contribution >= 0.6 is 0 Å². The van der Waals surface area contributed by atoms with Gasteiger partial charge in [-0.25, -0.2) is 28.7 Å². The van der Waals surface area contributed by atoms with E-state index in [4.69, 9.17) is 0 Å². The molecule has 2 aromatic heterocycles. The van der Waals surface area contributed by atoms with Crippen molar-refractivity contribution in [3.05, 3.63) is 48.6 Å². The van der Waals surface area contributed by atoms with E-state index in [-0.39, 0.29) is 5.82 Å². The molecule has 122 valence electrons. The van der Waals surface area contributed by atoms with Gasteiger partial charge in [-0.2, -0.15) is 0 Å². The van der Waals surface area contributed by atoms with Crippen LogP contribution in [0.1, 0.15) is 0 Å². The lowest BCUT2D eigenvalue weighted by Crippen LogP contribution is -2.47. The standard InChI is InChI=1S/C16H14F2N6/c17-11-1-2-14-13(7-11)15(22-10-21-14)23-3-5-24(6-4-23)16-19-8-12(18)9-20-16/h1-2,7-10H,3-6H2. The summed E-state index contributed by atoms with van der Waals surface area (Å²) >= 11 is 0. The monoisotopic (exact) mass is 328 g/mol. The van der Waals surface area contributed by atoms with Gasteiger partial charge in [0, 0.05) is 31.6 Å². The van der Waals surface area contributed by atoms with E-state index in [1.807, 2.05) is 4.90 Å². The van der Waals surface area contributed by atoms with Crippen molar-refractivity contribution in [2.75, 3.05) is 36.0 Å². The maximum absolute atomic E-state index is 13.6. The van der Waals surface area contributed by atoms with Crippen LogP contribution in [-0.4, -0.2) is 46.1 Å². The Morgan fingerprint density at radius 3 is 2.25 bits per heavy atom. The molecule has 0 radical (unpaired) electrons.